The Kier molecular flexibility index (Phi) is 6.56. The average molecular weight is 449 g/mol. The van der Waals surface area contributed by atoms with Crippen LogP contribution in [-0.2, 0) is 4.79 Å². The normalized spacial score (nSPS) is 12.0. The fourth-order valence-corrected chi connectivity index (χ4v) is 2.62. The van der Waals surface area contributed by atoms with E-state index in [1.807, 2.05) is 41.3 Å². The van der Waals surface area contributed by atoms with E-state index < -0.39 is 12.1 Å². The molecule has 0 aliphatic carbocycles. The van der Waals surface area contributed by atoms with E-state index in [-0.39, 0.29) is 6.04 Å². The minimum Gasteiger partial charge on any atom is -0.497 e. The fourth-order valence-electron chi connectivity index (χ4n) is 2.62. The molecule has 1 aromatic carbocycles. The lowest BCUT2D eigenvalue weighted by Crippen LogP contribution is -2.21. The summed E-state index contributed by atoms with van der Waals surface area (Å²) in [7, 11) is 1.65. The number of hydrogen-bond donors (Lipinski definition) is 3. The summed E-state index contributed by atoms with van der Waals surface area (Å²) in [6.07, 6.45) is 1.84. The van der Waals surface area contributed by atoms with Crippen molar-refractivity contribution in [1.82, 2.24) is 29.7 Å². The zero-order chi connectivity index (χ0) is 23.3. The molecule has 0 saturated heterocycles. The Labute approximate surface area is 179 Å². The van der Waals surface area contributed by atoms with Gasteiger partial charge in [-0.25, -0.2) is 24.4 Å². The summed E-state index contributed by atoms with van der Waals surface area (Å²) in [6.45, 7) is 2.05. The molecule has 0 amide bonds. The van der Waals surface area contributed by atoms with Gasteiger partial charge in [-0.1, -0.05) is 6.07 Å². The Balaban J connectivity index is 0.000000360. The number of nitrogens with zero attached hydrogens (tertiary/aromatic N) is 5. The summed E-state index contributed by atoms with van der Waals surface area (Å²) in [6, 6.07) is 7.78. The largest absolute Gasteiger partial charge is 0.497 e. The third-order valence-electron chi connectivity index (χ3n) is 4.24. The predicted octanol–water partition coefficient (Wildman–Crippen LogP) is 3.35. The Morgan fingerprint density at radius 2 is 2.03 bits per heavy atom. The number of methoxy groups -OCH3 is 1. The maximum absolute atomic E-state index is 10.6. The van der Waals surface area contributed by atoms with E-state index in [2.05, 4.69) is 37.3 Å². The highest BCUT2D eigenvalue weighted by Crippen LogP contribution is 2.23. The maximum Gasteiger partial charge on any atom is 0.490 e. The number of alkyl halides is 3. The van der Waals surface area contributed by atoms with Crippen LogP contribution >= 0.6 is 0 Å². The molecule has 168 valence electrons. The smallest absolute Gasteiger partial charge is 0.490 e. The lowest BCUT2D eigenvalue weighted by Gasteiger charge is -2.12. The van der Waals surface area contributed by atoms with E-state index in [4.69, 9.17) is 14.6 Å². The number of aliphatic carboxylic acids is 1. The molecule has 0 bridgehead atoms. The standard InChI is InChI=1S/C17H17N7O.C2HF3O2/c1-11(23-17-15-16(19-9-18-15)20-10-21-17)12-7-22-24(8-12)13-4-3-5-14(6-13)25-2;3-2(4,5)1(6)7/h3-11H,1-2H3,(H2,18,19,20,21,23);(H,6,7). The van der Waals surface area contributed by atoms with Gasteiger partial charge in [0.05, 0.1) is 31.4 Å². The van der Waals surface area contributed by atoms with E-state index in [1.54, 1.807) is 13.4 Å². The number of hydrogen-bond acceptors (Lipinski definition) is 7. The number of benzene rings is 1. The lowest BCUT2D eigenvalue weighted by atomic mass is 10.2. The number of imidazole rings is 1. The van der Waals surface area contributed by atoms with E-state index >= 15 is 0 Å². The summed E-state index contributed by atoms with van der Waals surface area (Å²) in [4.78, 5) is 24.5. The van der Waals surface area contributed by atoms with Crippen molar-refractivity contribution in [2.45, 2.75) is 19.1 Å². The molecule has 3 N–H and O–H groups in total. The fraction of sp³-hybridized carbons (Fsp3) is 0.211. The van der Waals surface area contributed by atoms with Gasteiger partial charge < -0.3 is 20.1 Å². The first-order chi connectivity index (χ1) is 15.2. The van der Waals surface area contributed by atoms with Crippen LogP contribution in [0.5, 0.6) is 5.75 Å². The maximum atomic E-state index is 10.6. The van der Waals surface area contributed by atoms with Gasteiger partial charge in [0.15, 0.2) is 11.5 Å². The molecular formula is C19H18F3N7O3. The Morgan fingerprint density at radius 1 is 1.28 bits per heavy atom. The van der Waals surface area contributed by atoms with Crippen LogP contribution in [0.3, 0.4) is 0 Å². The van der Waals surface area contributed by atoms with E-state index in [9.17, 15) is 13.2 Å². The van der Waals surface area contributed by atoms with Crippen LogP contribution in [0.2, 0.25) is 0 Å². The van der Waals surface area contributed by atoms with Crippen molar-refractivity contribution >= 4 is 23.0 Å². The molecule has 1 unspecified atom stereocenters. The van der Waals surface area contributed by atoms with Gasteiger partial charge in [-0.2, -0.15) is 18.3 Å². The first kappa shape index (κ1) is 22.5. The zero-order valence-corrected chi connectivity index (χ0v) is 16.8. The summed E-state index contributed by atoms with van der Waals surface area (Å²) in [5.74, 6) is -1.25. The molecule has 3 aromatic heterocycles. The minimum absolute atomic E-state index is 0.0146. The Bertz CT molecular complexity index is 1210. The highest BCUT2D eigenvalue weighted by Gasteiger charge is 2.38. The number of rotatable bonds is 5. The van der Waals surface area contributed by atoms with Crippen LogP contribution in [0.25, 0.3) is 16.9 Å². The molecule has 0 aliphatic heterocycles. The highest BCUT2D eigenvalue weighted by atomic mass is 19.4. The second kappa shape index (κ2) is 9.32. The van der Waals surface area contributed by atoms with Crippen LogP contribution in [0.4, 0.5) is 19.0 Å². The van der Waals surface area contributed by atoms with Gasteiger partial charge >= 0.3 is 12.1 Å². The number of carbonyl (C=O) groups is 1. The number of ether oxygens (including phenoxy) is 1. The zero-order valence-electron chi connectivity index (χ0n) is 16.8. The summed E-state index contributed by atoms with van der Waals surface area (Å²) in [5, 5.41) is 14.9. The number of halogens is 3. The van der Waals surface area contributed by atoms with Crippen LogP contribution in [0.1, 0.15) is 18.5 Å². The number of aromatic amines is 1. The van der Waals surface area contributed by atoms with Gasteiger partial charge in [-0.15, -0.1) is 0 Å². The molecule has 4 rings (SSSR count). The van der Waals surface area contributed by atoms with Crippen molar-refractivity contribution in [3.63, 3.8) is 0 Å². The molecule has 13 heteroatoms. The predicted molar refractivity (Wildman–Crippen MR) is 108 cm³/mol. The molecule has 4 aromatic rings. The lowest BCUT2D eigenvalue weighted by molar-refractivity contribution is -0.192. The van der Waals surface area contributed by atoms with E-state index in [1.165, 1.54) is 6.33 Å². The van der Waals surface area contributed by atoms with Crippen molar-refractivity contribution in [3.05, 3.63) is 54.9 Å². The molecule has 0 spiro atoms. The summed E-state index contributed by atoms with van der Waals surface area (Å²) >= 11 is 0. The molecule has 32 heavy (non-hydrogen) atoms. The van der Waals surface area contributed by atoms with Gasteiger partial charge in [0.25, 0.3) is 0 Å². The molecule has 1 atom stereocenters. The molecule has 0 saturated carbocycles. The minimum atomic E-state index is -5.08. The molecule has 10 nitrogen and oxygen atoms in total. The second-order valence-electron chi connectivity index (χ2n) is 6.41. The SMILES string of the molecule is COc1cccc(-n2cc(C(C)Nc3ncnc4nc[nH]c34)cn2)c1.O=C(O)C(F)(F)F. The van der Waals surface area contributed by atoms with Crippen LogP contribution in [-0.4, -0.2) is 54.1 Å². The van der Waals surface area contributed by atoms with Crippen LogP contribution in [0.15, 0.2) is 49.3 Å². The van der Waals surface area contributed by atoms with Gasteiger partial charge in [-0.05, 0) is 19.1 Å². The van der Waals surface area contributed by atoms with Gasteiger partial charge in [-0.3, -0.25) is 0 Å². The molecule has 0 fully saturated rings. The second-order valence-corrected chi connectivity index (χ2v) is 6.41. The third-order valence-corrected chi connectivity index (χ3v) is 4.24. The molecule has 3 heterocycles. The number of nitrogens with one attached hydrogen (secondary N) is 2. The van der Waals surface area contributed by atoms with Crippen LogP contribution < -0.4 is 10.1 Å². The quantitative estimate of drug-likeness (QED) is 0.423. The Hall–Kier alpha value is -4.16. The van der Waals surface area contributed by atoms with Crippen molar-refractivity contribution < 1.29 is 27.8 Å². The number of aromatic nitrogens is 6. The van der Waals surface area contributed by atoms with E-state index in [0.29, 0.717) is 11.5 Å². The number of anilines is 1. The third kappa shape index (κ3) is 5.30. The molecule has 0 radical (unpaired) electrons. The number of fused-ring (bicyclic) bond motifs is 1. The summed E-state index contributed by atoms with van der Waals surface area (Å²) < 4.78 is 38.8. The first-order valence-corrected chi connectivity index (χ1v) is 9.08. The first-order valence-electron chi connectivity index (χ1n) is 9.08. The molecular weight excluding hydrogens is 431 g/mol. The van der Waals surface area contributed by atoms with Crippen molar-refractivity contribution in [2.75, 3.05) is 12.4 Å². The van der Waals surface area contributed by atoms with Gasteiger partial charge in [0.1, 0.15) is 17.6 Å². The van der Waals surface area contributed by atoms with Crippen molar-refractivity contribution in [2.24, 2.45) is 0 Å². The average Bonchev–Trinajstić information content (AvgIpc) is 3.44. The topological polar surface area (TPSA) is 131 Å². The molecule has 0 aliphatic rings. The number of carboxylic acid groups (broad SMARTS) is 1. The van der Waals surface area contributed by atoms with E-state index in [0.717, 1.165) is 22.5 Å². The number of carboxylic acids is 1. The monoisotopic (exact) mass is 449 g/mol. The van der Waals surface area contributed by atoms with Crippen LogP contribution in [0, 0.1) is 0 Å². The summed E-state index contributed by atoms with van der Waals surface area (Å²) in [5.41, 5.74) is 3.40. The van der Waals surface area contributed by atoms with Crippen molar-refractivity contribution in [1.29, 1.82) is 0 Å². The van der Waals surface area contributed by atoms with Gasteiger partial charge in [0, 0.05) is 17.8 Å². The number of H-pyrrole nitrogens is 1. The Morgan fingerprint density at radius 3 is 2.72 bits per heavy atom. The van der Waals surface area contributed by atoms with Crippen molar-refractivity contribution in [3.8, 4) is 11.4 Å². The highest BCUT2D eigenvalue weighted by molar-refractivity contribution is 5.82. The van der Waals surface area contributed by atoms with Gasteiger partial charge in [0.2, 0.25) is 0 Å².